The highest BCUT2D eigenvalue weighted by atomic mass is 16.3. The van der Waals surface area contributed by atoms with Gasteiger partial charge in [-0.2, -0.15) is 0 Å². The lowest BCUT2D eigenvalue weighted by molar-refractivity contribution is 0.667. The third kappa shape index (κ3) is 3.22. The molecule has 2 aromatic heterocycles. The molecule has 0 bridgehead atoms. The van der Waals surface area contributed by atoms with Crippen molar-refractivity contribution >= 4 is 32.8 Å². The lowest BCUT2D eigenvalue weighted by atomic mass is 9.70. The van der Waals surface area contributed by atoms with Gasteiger partial charge in [-0.05, 0) is 68.8 Å². The molecule has 9 aromatic rings. The van der Waals surface area contributed by atoms with Gasteiger partial charge in [0.15, 0.2) is 5.82 Å². The first-order chi connectivity index (χ1) is 23.8. The van der Waals surface area contributed by atoms with Crippen molar-refractivity contribution in [3.63, 3.8) is 0 Å². The topological polar surface area (TPSA) is 38.9 Å². The minimum absolute atomic E-state index is 0.416. The van der Waals surface area contributed by atoms with Crippen molar-refractivity contribution in [1.82, 2.24) is 9.97 Å². The molecular formula is C45H26N2O. The Morgan fingerprint density at radius 1 is 0.417 bits per heavy atom. The summed E-state index contributed by atoms with van der Waals surface area (Å²) < 4.78 is 6.92. The molecule has 0 atom stereocenters. The third-order valence-electron chi connectivity index (χ3n) is 10.5. The van der Waals surface area contributed by atoms with E-state index < -0.39 is 5.41 Å². The molecule has 2 aliphatic rings. The molecule has 0 saturated heterocycles. The van der Waals surface area contributed by atoms with Crippen molar-refractivity contribution < 1.29 is 4.42 Å². The van der Waals surface area contributed by atoms with Gasteiger partial charge in [-0.15, -0.1) is 0 Å². The molecular weight excluding hydrogens is 585 g/mol. The van der Waals surface area contributed by atoms with Gasteiger partial charge in [0.25, 0.3) is 0 Å². The highest BCUT2D eigenvalue weighted by molar-refractivity contribution is 6.12. The van der Waals surface area contributed by atoms with E-state index in [-0.39, 0.29) is 0 Å². The normalized spacial score (nSPS) is 13.6. The van der Waals surface area contributed by atoms with Crippen LogP contribution < -0.4 is 0 Å². The average Bonchev–Trinajstić information content (AvgIpc) is 3.77. The first-order valence-corrected chi connectivity index (χ1v) is 16.4. The summed E-state index contributed by atoms with van der Waals surface area (Å²) in [6, 6.07) is 56.3. The minimum atomic E-state index is -0.416. The van der Waals surface area contributed by atoms with Crippen LogP contribution in [0.3, 0.4) is 0 Å². The summed E-state index contributed by atoms with van der Waals surface area (Å²) in [5.41, 5.74) is 15.4. The predicted molar refractivity (Wildman–Crippen MR) is 194 cm³/mol. The zero-order valence-corrected chi connectivity index (χ0v) is 25.8. The van der Waals surface area contributed by atoms with Crippen molar-refractivity contribution in [1.29, 1.82) is 0 Å². The van der Waals surface area contributed by atoms with Gasteiger partial charge in [-0.3, -0.25) is 0 Å². The van der Waals surface area contributed by atoms with E-state index in [9.17, 15) is 0 Å². The maximum Gasteiger partial charge on any atom is 0.164 e. The highest BCUT2D eigenvalue weighted by Crippen LogP contribution is 2.63. The number of fused-ring (bicyclic) bond motifs is 14. The van der Waals surface area contributed by atoms with Gasteiger partial charge in [0, 0.05) is 21.7 Å². The van der Waals surface area contributed by atoms with E-state index in [4.69, 9.17) is 14.4 Å². The number of rotatable bonds is 2. The van der Waals surface area contributed by atoms with E-state index in [1.807, 2.05) is 18.2 Å². The van der Waals surface area contributed by atoms with Crippen LogP contribution in [0.1, 0.15) is 22.3 Å². The number of aromatic nitrogens is 2. The van der Waals surface area contributed by atoms with E-state index in [1.54, 1.807) is 0 Å². The average molecular weight is 611 g/mol. The largest absolute Gasteiger partial charge is 0.455 e. The van der Waals surface area contributed by atoms with Gasteiger partial charge in [-0.1, -0.05) is 133 Å². The summed E-state index contributed by atoms with van der Waals surface area (Å²) in [5.74, 6) is 0.658. The van der Waals surface area contributed by atoms with Crippen molar-refractivity contribution in [3.8, 4) is 44.9 Å². The van der Waals surface area contributed by atoms with Crippen LogP contribution in [0, 0.1) is 0 Å². The van der Waals surface area contributed by atoms with Gasteiger partial charge in [-0.25, -0.2) is 9.97 Å². The quantitative estimate of drug-likeness (QED) is 0.195. The molecule has 2 aliphatic carbocycles. The fourth-order valence-electron chi connectivity index (χ4n) is 8.57. The van der Waals surface area contributed by atoms with Crippen LogP contribution in [0.2, 0.25) is 0 Å². The van der Waals surface area contributed by atoms with Gasteiger partial charge in [0.05, 0.1) is 22.2 Å². The Balaban J connectivity index is 1.20. The third-order valence-corrected chi connectivity index (χ3v) is 10.5. The van der Waals surface area contributed by atoms with Gasteiger partial charge < -0.3 is 4.42 Å². The van der Waals surface area contributed by atoms with Crippen LogP contribution in [0.4, 0.5) is 0 Å². The molecule has 7 aromatic carbocycles. The zero-order valence-electron chi connectivity index (χ0n) is 25.8. The van der Waals surface area contributed by atoms with E-state index in [2.05, 4.69) is 140 Å². The number of nitrogens with zero attached hydrogens (tertiary/aromatic N) is 2. The molecule has 3 nitrogen and oxygen atoms in total. The minimum Gasteiger partial charge on any atom is -0.455 e. The Bertz CT molecular complexity index is 2750. The summed E-state index contributed by atoms with van der Waals surface area (Å²) in [6.45, 7) is 0. The van der Waals surface area contributed by atoms with Crippen LogP contribution in [0.15, 0.2) is 162 Å². The molecule has 1 spiro atoms. The summed E-state index contributed by atoms with van der Waals surface area (Å²) in [7, 11) is 0. The van der Waals surface area contributed by atoms with E-state index in [0.29, 0.717) is 5.82 Å². The van der Waals surface area contributed by atoms with Crippen LogP contribution in [0.25, 0.3) is 77.7 Å². The molecule has 3 heteroatoms. The van der Waals surface area contributed by atoms with E-state index in [0.717, 1.165) is 49.7 Å². The van der Waals surface area contributed by atoms with E-state index in [1.165, 1.54) is 44.5 Å². The Labute approximate surface area is 276 Å². The Morgan fingerprint density at radius 3 is 1.73 bits per heavy atom. The monoisotopic (exact) mass is 610 g/mol. The summed E-state index contributed by atoms with van der Waals surface area (Å²) >= 11 is 0. The molecule has 48 heavy (non-hydrogen) atoms. The first-order valence-electron chi connectivity index (χ1n) is 16.4. The number of benzene rings is 7. The molecule has 0 N–H and O–H groups in total. The summed E-state index contributed by atoms with van der Waals surface area (Å²) in [5, 5.41) is 3.19. The SMILES string of the molecule is c1ccc(-c2nc(-c3cccc4c3oc3cc5c(cc34)-c3ccccc3C53c4ccccc4-c4ccccc43)nc3ccccc23)cc1. The van der Waals surface area contributed by atoms with Gasteiger partial charge in [0.1, 0.15) is 11.2 Å². The molecule has 0 aliphatic heterocycles. The fourth-order valence-corrected chi connectivity index (χ4v) is 8.57. The standard InChI is InChI=1S/C45H26N2O/c1-2-13-27(14-3-1)42-32-18-7-11-24-40(32)46-44(47-42)33-20-12-19-31-35-25-34-30-17-6-10-23-38(30)45(39(34)26-41(35)48-43(31)33)36-21-8-4-15-28(36)29-16-5-9-22-37(29)45/h1-26H. The molecule has 11 rings (SSSR count). The van der Waals surface area contributed by atoms with Crippen LogP contribution >= 0.6 is 0 Å². The predicted octanol–water partition coefficient (Wildman–Crippen LogP) is 11.2. The van der Waals surface area contributed by atoms with Crippen LogP contribution in [0.5, 0.6) is 0 Å². The van der Waals surface area contributed by atoms with Crippen molar-refractivity contribution in [2.45, 2.75) is 5.41 Å². The summed E-state index contributed by atoms with van der Waals surface area (Å²) in [6.07, 6.45) is 0. The molecule has 2 heterocycles. The maximum atomic E-state index is 6.92. The van der Waals surface area contributed by atoms with Crippen LogP contribution in [-0.4, -0.2) is 9.97 Å². The zero-order chi connectivity index (χ0) is 31.4. The Kier molecular flexibility index (Phi) is 5.04. The van der Waals surface area contributed by atoms with Gasteiger partial charge in [0.2, 0.25) is 0 Å². The molecule has 222 valence electrons. The van der Waals surface area contributed by atoms with Crippen molar-refractivity contribution in [2.75, 3.05) is 0 Å². The molecule has 0 radical (unpaired) electrons. The lowest BCUT2D eigenvalue weighted by Gasteiger charge is -2.30. The smallest absolute Gasteiger partial charge is 0.164 e. The van der Waals surface area contributed by atoms with E-state index >= 15 is 0 Å². The van der Waals surface area contributed by atoms with Crippen molar-refractivity contribution in [3.05, 3.63) is 180 Å². The second-order valence-corrected chi connectivity index (χ2v) is 12.8. The Morgan fingerprint density at radius 2 is 1.00 bits per heavy atom. The number of hydrogen-bond acceptors (Lipinski definition) is 3. The Hall–Kier alpha value is -6.32. The molecule has 0 fully saturated rings. The van der Waals surface area contributed by atoms with Crippen molar-refractivity contribution in [2.24, 2.45) is 0 Å². The number of furan rings is 1. The number of hydrogen-bond donors (Lipinski definition) is 0. The fraction of sp³-hybridized carbons (Fsp3) is 0.0222. The van der Waals surface area contributed by atoms with Gasteiger partial charge >= 0.3 is 0 Å². The maximum absolute atomic E-state index is 6.92. The number of para-hydroxylation sites is 2. The second-order valence-electron chi connectivity index (χ2n) is 12.8. The summed E-state index contributed by atoms with van der Waals surface area (Å²) in [4.78, 5) is 10.3. The molecule has 0 amide bonds. The molecule has 0 unspecified atom stereocenters. The second kappa shape index (κ2) is 9.37. The van der Waals surface area contributed by atoms with Crippen LogP contribution in [-0.2, 0) is 5.41 Å². The molecule has 0 saturated carbocycles. The highest BCUT2D eigenvalue weighted by Gasteiger charge is 2.51. The lowest BCUT2D eigenvalue weighted by Crippen LogP contribution is -2.25. The first kappa shape index (κ1) is 25.8.